The number of carbonyl (C=O) groups excluding carboxylic acids is 2. The summed E-state index contributed by atoms with van der Waals surface area (Å²) in [5, 5.41) is 0. The molecule has 36 heavy (non-hydrogen) atoms. The molecule has 0 N–H and O–H groups in total. The van der Waals surface area contributed by atoms with Gasteiger partial charge in [-0.05, 0) is 38.1 Å². The zero-order valence-corrected chi connectivity index (χ0v) is 22.0. The lowest BCUT2D eigenvalue weighted by atomic mass is 10.0. The first-order chi connectivity index (χ1) is 17.2. The van der Waals surface area contributed by atoms with Crippen molar-refractivity contribution in [1.82, 2.24) is 9.80 Å². The van der Waals surface area contributed by atoms with Crippen LogP contribution in [0.25, 0.3) is 0 Å². The zero-order valence-electron chi connectivity index (χ0n) is 22.0. The van der Waals surface area contributed by atoms with Crippen LogP contribution in [0.5, 0.6) is 34.5 Å². The van der Waals surface area contributed by atoms with Crippen LogP contribution in [0, 0.1) is 0 Å². The molecule has 1 aliphatic heterocycles. The normalized spacial score (nSPS) is 17.3. The number of methoxy groups -OCH3 is 6. The van der Waals surface area contributed by atoms with E-state index in [9.17, 15) is 9.59 Å². The van der Waals surface area contributed by atoms with Gasteiger partial charge in [0.05, 0.1) is 42.7 Å². The van der Waals surface area contributed by atoms with E-state index in [0.29, 0.717) is 58.7 Å². The smallest absolute Gasteiger partial charge is 0.254 e. The van der Waals surface area contributed by atoms with Crippen molar-refractivity contribution in [1.29, 1.82) is 0 Å². The second-order valence-electron chi connectivity index (χ2n) is 8.44. The molecule has 2 unspecified atom stereocenters. The lowest BCUT2D eigenvalue weighted by Crippen LogP contribution is -2.59. The van der Waals surface area contributed by atoms with Crippen molar-refractivity contribution >= 4 is 11.8 Å². The van der Waals surface area contributed by atoms with Gasteiger partial charge in [-0.1, -0.05) is 0 Å². The maximum Gasteiger partial charge on any atom is 0.254 e. The lowest BCUT2D eigenvalue weighted by molar-refractivity contribution is 0.0269. The fraction of sp³-hybridized carbons (Fsp3) is 0.462. The molecule has 1 aliphatic rings. The van der Waals surface area contributed by atoms with Crippen LogP contribution < -0.4 is 28.4 Å². The van der Waals surface area contributed by atoms with Crippen LogP contribution in [0.15, 0.2) is 24.3 Å². The number of nitrogens with zero attached hydrogens (tertiary/aromatic N) is 2. The molecule has 0 saturated carbocycles. The second kappa shape index (κ2) is 11.3. The summed E-state index contributed by atoms with van der Waals surface area (Å²) >= 11 is 0. The van der Waals surface area contributed by atoms with Crippen LogP contribution >= 0.6 is 0 Å². The van der Waals surface area contributed by atoms with Crippen molar-refractivity contribution in [2.45, 2.75) is 25.9 Å². The Bertz CT molecular complexity index is 982. The summed E-state index contributed by atoms with van der Waals surface area (Å²) < 4.78 is 32.3. The monoisotopic (exact) mass is 502 g/mol. The average molecular weight is 503 g/mol. The van der Waals surface area contributed by atoms with E-state index in [4.69, 9.17) is 28.4 Å². The minimum absolute atomic E-state index is 0.187. The van der Waals surface area contributed by atoms with Gasteiger partial charge in [-0.2, -0.15) is 0 Å². The third-order valence-corrected chi connectivity index (χ3v) is 6.33. The van der Waals surface area contributed by atoms with E-state index in [-0.39, 0.29) is 23.9 Å². The van der Waals surface area contributed by atoms with E-state index in [1.165, 1.54) is 42.7 Å². The SMILES string of the molecule is COc1cc(C(=O)N2CC(C)N(C(=O)c3cc(OC)c(OC)c(OC)c3)CC2C)cc(OC)c1OC. The molecule has 196 valence electrons. The molecule has 2 aromatic rings. The maximum absolute atomic E-state index is 13.5. The number of piperazine rings is 1. The van der Waals surface area contributed by atoms with Gasteiger partial charge >= 0.3 is 0 Å². The molecule has 2 amide bonds. The van der Waals surface area contributed by atoms with Crippen LogP contribution in [0.2, 0.25) is 0 Å². The van der Waals surface area contributed by atoms with E-state index in [2.05, 4.69) is 0 Å². The molecule has 0 aliphatic carbocycles. The molecule has 1 heterocycles. The molecular weight excluding hydrogens is 468 g/mol. The number of ether oxygens (including phenoxy) is 6. The molecule has 3 rings (SSSR count). The van der Waals surface area contributed by atoms with Crippen LogP contribution in [-0.4, -0.2) is 89.4 Å². The second-order valence-corrected chi connectivity index (χ2v) is 8.44. The van der Waals surface area contributed by atoms with Gasteiger partial charge < -0.3 is 38.2 Å². The third kappa shape index (κ3) is 4.93. The highest BCUT2D eigenvalue weighted by atomic mass is 16.5. The van der Waals surface area contributed by atoms with E-state index in [0.717, 1.165) is 0 Å². The van der Waals surface area contributed by atoms with Gasteiger partial charge in [-0.25, -0.2) is 0 Å². The number of carbonyl (C=O) groups is 2. The van der Waals surface area contributed by atoms with Crippen LogP contribution in [0.3, 0.4) is 0 Å². The molecule has 2 atom stereocenters. The van der Waals surface area contributed by atoms with Crippen molar-refractivity contribution < 1.29 is 38.0 Å². The minimum Gasteiger partial charge on any atom is -0.493 e. The van der Waals surface area contributed by atoms with E-state index < -0.39 is 0 Å². The Kier molecular flexibility index (Phi) is 8.39. The van der Waals surface area contributed by atoms with Gasteiger partial charge in [0.25, 0.3) is 11.8 Å². The first kappa shape index (κ1) is 26.8. The Morgan fingerprint density at radius 3 is 1.08 bits per heavy atom. The van der Waals surface area contributed by atoms with Crippen LogP contribution in [-0.2, 0) is 0 Å². The largest absolute Gasteiger partial charge is 0.493 e. The Morgan fingerprint density at radius 1 is 0.583 bits per heavy atom. The summed E-state index contributed by atoms with van der Waals surface area (Å²) in [7, 11) is 9.03. The molecule has 1 fully saturated rings. The van der Waals surface area contributed by atoms with Crippen LogP contribution in [0.1, 0.15) is 34.6 Å². The highest BCUT2D eigenvalue weighted by Gasteiger charge is 2.36. The molecule has 10 heteroatoms. The van der Waals surface area contributed by atoms with Gasteiger partial charge in [0.1, 0.15) is 0 Å². The van der Waals surface area contributed by atoms with Crippen LogP contribution in [0.4, 0.5) is 0 Å². The fourth-order valence-electron chi connectivity index (χ4n) is 4.43. The van der Waals surface area contributed by atoms with Crippen molar-refractivity contribution in [2.24, 2.45) is 0 Å². The molecule has 0 bridgehead atoms. The molecule has 10 nitrogen and oxygen atoms in total. The third-order valence-electron chi connectivity index (χ3n) is 6.33. The van der Waals surface area contributed by atoms with E-state index in [1.807, 2.05) is 13.8 Å². The van der Waals surface area contributed by atoms with Gasteiger partial charge in [0, 0.05) is 36.3 Å². The molecule has 0 radical (unpaired) electrons. The zero-order chi connectivity index (χ0) is 26.6. The summed E-state index contributed by atoms with van der Waals surface area (Å²) in [4.78, 5) is 30.5. The van der Waals surface area contributed by atoms with Gasteiger partial charge in [-0.15, -0.1) is 0 Å². The van der Waals surface area contributed by atoms with Crippen molar-refractivity contribution in [3.8, 4) is 34.5 Å². The fourth-order valence-corrected chi connectivity index (χ4v) is 4.43. The number of hydrogen-bond donors (Lipinski definition) is 0. The summed E-state index contributed by atoms with van der Waals surface area (Å²) in [5.74, 6) is 2.06. The van der Waals surface area contributed by atoms with E-state index >= 15 is 0 Å². The summed E-state index contributed by atoms with van der Waals surface area (Å²) in [5.41, 5.74) is 0.820. The van der Waals surface area contributed by atoms with Crippen molar-refractivity contribution in [3.05, 3.63) is 35.4 Å². The average Bonchev–Trinajstić information content (AvgIpc) is 2.91. The predicted molar refractivity (Wildman–Crippen MR) is 133 cm³/mol. The van der Waals surface area contributed by atoms with Gasteiger partial charge in [0.15, 0.2) is 23.0 Å². The van der Waals surface area contributed by atoms with Gasteiger partial charge in [0.2, 0.25) is 11.5 Å². The first-order valence-electron chi connectivity index (χ1n) is 11.5. The Morgan fingerprint density at radius 2 is 0.861 bits per heavy atom. The molecule has 0 spiro atoms. The minimum atomic E-state index is -0.237. The predicted octanol–water partition coefficient (Wildman–Crippen LogP) is 3.11. The molecule has 0 aromatic heterocycles. The number of rotatable bonds is 8. The lowest BCUT2D eigenvalue weighted by Gasteiger charge is -2.44. The number of benzene rings is 2. The Balaban J connectivity index is 1.86. The summed E-state index contributed by atoms with van der Waals surface area (Å²) in [6.07, 6.45) is 0. The molecule has 2 aromatic carbocycles. The summed E-state index contributed by atoms with van der Waals surface area (Å²) in [6.45, 7) is 4.54. The van der Waals surface area contributed by atoms with Gasteiger partial charge in [-0.3, -0.25) is 9.59 Å². The Hall–Kier alpha value is -3.82. The topological polar surface area (TPSA) is 96.0 Å². The van der Waals surface area contributed by atoms with E-state index in [1.54, 1.807) is 34.1 Å². The standard InChI is InChI=1S/C26H34N2O8/c1-15-13-28(26(30)18-11-21(33-5)24(36-8)22(12-18)34-6)16(2)14-27(15)25(29)17-9-19(31-3)23(35-7)20(10-17)32-4/h9-12,15-16H,13-14H2,1-8H3. The molecular formula is C26H34N2O8. The molecule has 1 saturated heterocycles. The highest BCUT2D eigenvalue weighted by molar-refractivity contribution is 5.98. The summed E-state index contributed by atoms with van der Waals surface area (Å²) in [6, 6.07) is 6.06. The van der Waals surface area contributed by atoms with Crippen molar-refractivity contribution in [2.75, 3.05) is 55.7 Å². The first-order valence-corrected chi connectivity index (χ1v) is 11.5. The van der Waals surface area contributed by atoms with Crippen molar-refractivity contribution in [3.63, 3.8) is 0 Å². The maximum atomic E-state index is 13.5. The highest BCUT2D eigenvalue weighted by Crippen LogP contribution is 2.40. The number of amides is 2. The number of hydrogen-bond acceptors (Lipinski definition) is 8. The Labute approximate surface area is 211 Å². The quantitative estimate of drug-likeness (QED) is 0.543.